The van der Waals surface area contributed by atoms with Crippen LogP contribution in [-0.4, -0.2) is 61.5 Å². The number of ether oxygens (including phenoxy) is 1. The molecule has 0 spiro atoms. The third-order valence-electron chi connectivity index (χ3n) is 2.78. The van der Waals surface area contributed by atoms with Gasteiger partial charge in [-0.25, -0.2) is 0 Å². The lowest BCUT2D eigenvalue weighted by Crippen LogP contribution is -2.35. The summed E-state index contributed by atoms with van der Waals surface area (Å²) in [6.45, 7) is 1.85. The second kappa shape index (κ2) is 7.75. The molecular formula is C12H24N6O. The Kier molecular flexibility index (Phi) is 6.31. The van der Waals surface area contributed by atoms with E-state index in [1.165, 1.54) is 0 Å². The molecule has 0 fully saturated rings. The van der Waals surface area contributed by atoms with Crippen LogP contribution in [0.2, 0.25) is 0 Å². The van der Waals surface area contributed by atoms with Gasteiger partial charge in [-0.05, 0) is 14.1 Å². The standard InChI is InChI=1S/C12H24N6O/c1-17(2)11(10-7-16-18(3)9-10)8-15-12(13)14-5-6-19-4/h7,9,11H,5-6,8H2,1-4H3,(H3,13,14,15). The zero-order chi connectivity index (χ0) is 14.3. The van der Waals surface area contributed by atoms with Gasteiger partial charge in [0.05, 0.1) is 25.4 Å². The first-order valence-electron chi connectivity index (χ1n) is 6.22. The molecule has 0 radical (unpaired) electrons. The van der Waals surface area contributed by atoms with Gasteiger partial charge >= 0.3 is 0 Å². The van der Waals surface area contributed by atoms with Crippen LogP contribution in [0.25, 0.3) is 0 Å². The van der Waals surface area contributed by atoms with Crippen LogP contribution >= 0.6 is 0 Å². The number of aliphatic imine (C=N–C) groups is 1. The lowest BCUT2D eigenvalue weighted by atomic mass is 10.1. The molecule has 7 heteroatoms. The van der Waals surface area contributed by atoms with Gasteiger partial charge in [0.15, 0.2) is 5.96 Å². The molecule has 0 aliphatic heterocycles. The largest absolute Gasteiger partial charge is 0.383 e. The lowest BCUT2D eigenvalue weighted by Gasteiger charge is -2.21. The van der Waals surface area contributed by atoms with Crippen LogP contribution in [0.1, 0.15) is 11.6 Å². The monoisotopic (exact) mass is 268 g/mol. The van der Waals surface area contributed by atoms with E-state index in [2.05, 4.69) is 20.3 Å². The summed E-state index contributed by atoms with van der Waals surface area (Å²) >= 11 is 0. The van der Waals surface area contributed by atoms with Crippen molar-refractivity contribution in [2.24, 2.45) is 17.8 Å². The van der Waals surface area contributed by atoms with E-state index < -0.39 is 0 Å². The van der Waals surface area contributed by atoms with Gasteiger partial charge in [-0.2, -0.15) is 5.10 Å². The van der Waals surface area contributed by atoms with Crippen LogP contribution in [0.5, 0.6) is 0 Å². The SMILES string of the molecule is COCCNC(N)=NCC(c1cnn(C)c1)N(C)C. The van der Waals surface area contributed by atoms with E-state index in [0.29, 0.717) is 25.7 Å². The Bertz CT molecular complexity index is 401. The number of aryl methyl sites for hydroxylation is 1. The van der Waals surface area contributed by atoms with E-state index in [1.54, 1.807) is 11.8 Å². The molecule has 1 aromatic rings. The first kappa shape index (κ1) is 15.5. The Morgan fingerprint density at radius 1 is 1.63 bits per heavy atom. The Labute approximate surface area is 114 Å². The summed E-state index contributed by atoms with van der Waals surface area (Å²) in [6.07, 6.45) is 3.85. The number of guanidine groups is 1. The Morgan fingerprint density at radius 3 is 2.89 bits per heavy atom. The fourth-order valence-electron chi connectivity index (χ4n) is 1.70. The summed E-state index contributed by atoms with van der Waals surface area (Å²) in [5.74, 6) is 0.438. The van der Waals surface area contributed by atoms with E-state index >= 15 is 0 Å². The average Bonchev–Trinajstić information content (AvgIpc) is 2.76. The molecule has 0 bridgehead atoms. The van der Waals surface area contributed by atoms with Crippen molar-refractivity contribution < 1.29 is 4.74 Å². The van der Waals surface area contributed by atoms with E-state index in [9.17, 15) is 0 Å². The smallest absolute Gasteiger partial charge is 0.188 e. The minimum Gasteiger partial charge on any atom is -0.383 e. The molecule has 7 nitrogen and oxygen atoms in total. The minimum atomic E-state index is 0.163. The number of nitrogens with zero attached hydrogens (tertiary/aromatic N) is 4. The average molecular weight is 268 g/mol. The Hall–Kier alpha value is -1.60. The van der Waals surface area contributed by atoms with Gasteiger partial charge < -0.3 is 20.7 Å². The fraction of sp³-hybridized carbons (Fsp3) is 0.667. The van der Waals surface area contributed by atoms with Crippen molar-refractivity contribution >= 4 is 5.96 Å². The van der Waals surface area contributed by atoms with E-state index in [4.69, 9.17) is 10.5 Å². The van der Waals surface area contributed by atoms with Gasteiger partial charge in [0.2, 0.25) is 0 Å². The molecule has 108 valence electrons. The van der Waals surface area contributed by atoms with Crippen LogP contribution in [-0.2, 0) is 11.8 Å². The maximum atomic E-state index is 5.79. The van der Waals surface area contributed by atoms with Gasteiger partial charge in [0, 0.05) is 32.5 Å². The van der Waals surface area contributed by atoms with Crippen LogP contribution in [0.4, 0.5) is 0 Å². The summed E-state index contributed by atoms with van der Waals surface area (Å²) in [6, 6.07) is 0.163. The van der Waals surface area contributed by atoms with Crippen molar-refractivity contribution in [3.05, 3.63) is 18.0 Å². The molecule has 0 aliphatic rings. The second-order valence-corrected chi connectivity index (χ2v) is 4.57. The van der Waals surface area contributed by atoms with Crippen molar-refractivity contribution in [3.8, 4) is 0 Å². The molecule has 1 atom stereocenters. The van der Waals surface area contributed by atoms with Crippen LogP contribution in [0, 0.1) is 0 Å². The molecule has 0 aliphatic carbocycles. The third-order valence-corrected chi connectivity index (χ3v) is 2.78. The van der Waals surface area contributed by atoms with Gasteiger partial charge in [0.1, 0.15) is 0 Å². The van der Waals surface area contributed by atoms with Crippen molar-refractivity contribution in [2.45, 2.75) is 6.04 Å². The van der Waals surface area contributed by atoms with Gasteiger partial charge in [0.25, 0.3) is 0 Å². The van der Waals surface area contributed by atoms with Crippen LogP contribution < -0.4 is 11.1 Å². The third kappa shape index (κ3) is 5.27. The molecule has 1 aromatic heterocycles. The number of nitrogens with one attached hydrogen (secondary N) is 1. The van der Waals surface area contributed by atoms with Crippen LogP contribution in [0.15, 0.2) is 17.4 Å². The maximum Gasteiger partial charge on any atom is 0.188 e. The molecule has 0 aromatic carbocycles. The summed E-state index contributed by atoms with van der Waals surface area (Å²) in [7, 11) is 7.59. The topological polar surface area (TPSA) is 80.7 Å². The Balaban J connectivity index is 2.57. The summed E-state index contributed by atoms with van der Waals surface area (Å²) in [5, 5.41) is 7.18. The molecule has 1 rings (SSSR count). The molecular weight excluding hydrogens is 244 g/mol. The molecule has 0 amide bonds. The first-order chi connectivity index (χ1) is 9.04. The van der Waals surface area contributed by atoms with E-state index in [1.807, 2.05) is 33.5 Å². The first-order valence-corrected chi connectivity index (χ1v) is 6.22. The normalized spacial score (nSPS) is 13.8. The molecule has 1 heterocycles. The predicted octanol–water partition coefficient (Wildman–Crippen LogP) is -0.426. The van der Waals surface area contributed by atoms with Crippen molar-refractivity contribution in [1.82, 2.24) is 20.0 Å². The number of rotatable bonds is 7. The zero-order valence-corrected chi connectivity index (χ0v) is 12.1. The van der Waals surface area contributed by atoms with Gasteiger partial charge in [-0.3, -0.25) is 9.67 Å². The summed E-state index contributed by atoms with van der Waals surface area (Å²) in [4.78, 5) is 6.45. The molecule has 0 saturated heterocycles. The van der Waals surface area contributed by atoms with Gasteiger partial charge in [-0.15, -0.1) is 0 Å². The van der Waals surface area contributed by atoms with Crippen molar-refractivity contribution in [2.75, 3.05) is 40.9 Å². The highest BCUT2D eigenvalue weighted by Gasteiger charge is 2.15. The second-order valence-electron chi connectivity index (χ2n) is 4.57. The quantitative estimate of drug-likeness (QED) is 0.398. The minimum absolute atomic E-state index is 0.163. The molecule has 0 saturated carbocycles. The number of methoxy groups -OCH3 is 1. The highest BCUT2D eigenvalue weighted by molar-refractivity contribution is 5.77. The number of aromatic nitrogens is 2. The zero-order valence-electron chi connectivity index (χ0n) is 12.1. The van der Waals surface area contributed by atoms with E-state index in [0.717, 1.165) is 5.56 Å². The van der Waals surface area contributed by atoms with Crippen molar-refractivity contribution in [1.29, 1.82) is 0 Å². The number of nitrogens with two attached hydrogens (primary N) is 1. The van der Waals surface area contributed by atoms with E-state index in [-0.39, 0.29) is 6.04 Å². The predicted molar refractivity (Wildman–Crippen MR) is 76.0 cm³/mol. The fourth-order valence-corrected chi connectivity index (χ4v) is 1.70. The number of hydrogen-bond donors (Lipinski definition) is 2. The van der Waals surface area contributed by atoms with Crippen LogP contribution in [0.3, 0.4) is 0 Å². The summed E-state index contributed by atoms with van der Waals surface area (Å²) < 4.78 is 6.72. The summed E-state index contributed by atoms with van der Waals surface area (Å²) in [5.41, 5.74) is 6.92. The molecule has 3 N–H and O–H groups in total. The highest BCUT2D eigenvalue weighted by atomic mass is 16.5. The number of hydrogen-bond acceptors (Lipinski definition) is 4. The highest BCUT2D eigenvalue weighted by Crippen LogP contribution is 2.17. The maximum absolute atomic E-state index is 5.79. The number of likely N-dealkylation sites (N-methyl/N-ethyl adjacent to an activating group) is 1. The van der Waals surface area contributed by atoms with Gasteiger partial charge in [-0.1, -0.05) is 0 Å². The molecule has 1 unspecified atom stereocenters. The van der Waals surface area contributed by atoms with Crippen molar-refractivity contribution in [3.63, 3.8) is 0 Å². The molecule has 19 heavy (non-hydrogen) atoms. The Morgan fingerprint density at radius 2 is 2.37 bits per heavy atom. The lowest BCUT2D eigenvalue weighted by molar-refractivity contribution is 0.204.